The van der Waals surface area contributed by atoms with Crippen LogP contribution in [0, 0.1) is 0 Å². The SMILES string of the molecule is O=C(O)CN(CC(=O)O)CC1=C2Cc3c(cc(Cl)c(O)c3CN(CC(=O)O)CC(=O)O)C(c3ccccc3C(=O)O)=C2C=C(Cl)C1=O. The van der Waals surface area contributed by atoms with Crippen LogP contribution in [0.5, 0.6) is 5.75 Å². The maximum atomic E-state index is 13.5. The number of Topliss-reactive ketones (excluding diaryl/α,β-unsaturated/α-hetero) is 1. The van der Waals surface area contributed by atoms with E-state index in [1.54, 1.807) is 6.07 Å². The van der Waals surface area contributed by atoms with Gasteiger partial charge < -0.3 is 30.6 Å². The summed E-state index contributed by atoms with van der Waals surface area (Å²) in [5.41, 5.74) is 1.00. The van der Waals surface area contributed by atoms with Gasteiger partial charge in [-0.2, -0.15) is 0 Å². The normalized spacial score (nSPS) is 14.2. The molecule has 0 radical (unpaired) electrons. The number of ketones is 1. The lowest BCUT2D eigenvalue weighted by Crippen LogP contribution is -2.38. The lowest BCUT2D eigenvalue weighted by molar-refractivity contribution is -0.143. The second-order valence-electron chi connectivity index (χ2n) is 10.7. The van der Waals surface area contributed by atoms with Gasteiger partial charge in [-0.05, 0) is 58.0 Å². The summed E-state index contributed by atoms with van der Waals surface area (Å²) < 4.78 is 0. The quantitative estimate of drug-likeness (QED) is 0.168. The number of benzene rings is 2. The molecule has 16 heteroatoms. The lowest BCUT2D eigenvalue weighted by atomic mass is 9.73. The van der Waals surface area contributed by atoms with Crippen LogP contribution >= 0.6 is 23.2 Å². The third kappa shape index (κ3) is 7.69. The van der Waals surface area contributed by atoms with Gasteiger partial charge in [0, 0.05) is 24.2 Å². The van der Waals surface area contributed by atoms with Gasteiger partial charge in [-0.25, -0.2) is 4.79 Å². The molecular formula is C31H26Cl2N2O12. The van der Waals surface area contributed by atoms with Crippen LogP contribution in [0.4, 0.5) is 0 Å². The van der Waals surface area contributed by atoms with Gasteiger partial charge in [-0.3, -0.25) is 33.8 Å². The van der Waals surface area contributed by atoms with E-state index < -0.39 is 80.6 Å². The number of carbonyl (C=O) groups is 6. The van der Waals surface area contributed by atoms with Crippen LogP contribution in [0.2, 0.25) is 5.02 Å². The number of aliphatic carboxylic acids is 4. The van der Waals surface area contributed by atoms with E-state index >= 15 is 0 Å². The van der Waals surface area contributed by atoms with Crippen molar-refractivity contribution in [3.63, 3.8) is 0 Å². The Balaban J connectivity index is 2.10. The molecule has 14 nitrogen and oxygen atoms in total. The first-order valence-electron chi connectivity index (χ1n) is 13.7. The highest BCUT2D eigenvalue weighted by molar-refractivity contribution is 6.46. The summed E-state index contributed by atoms with van der Waals surface area (Å²) in [5.74, 6) is -8.06. The molecule has 4 rings (SSSR count). The summed E-state index contributed by atoms with van der Waals surface area (Å²) in [6.45, 7) is -3.96. The smallest absolute Gasteiger partial charge is 0.336 e. The van der Waals surface area contributed by atoms with Gasteiger partial charge in [0.2, 0.25) is 5.78 Å². The van der Waals surface area contributed by atoms with E-state index in [4.69, 9.17) is 23.2 Å². The number of carboxylic acid groups (broad SMARTS) is 5. The predicted octanol–water partition coefficient (Wildman–Crippen LogP) is 2.55. The molecule has 0 fully saturated rings. The molecule has 0 heterocycles. The molecule has 47 heavy (non-hydrogen) atoms. The minimum Gasteiger partial charge on any atom is -0.506 e. The van der Waals surface area contributed by atoms with Crippen LogP contribution in [-0.4, -0.2) is 109 Å². The molecule has 0 spiro atoms. The fourth-order valence-corrected chi connectivity index (χ4v) is 6.14. The summed E-state index contributed by atoms with van der Waals surface area (Å²) in [6, 6.07) is 7.20. The molecule has 0 bridgehead atoms. The van der Waals surface area contributed by atoms with Gasteiger partial charge in [0.15, 0.2) is 0 Å². The molecule has 0 atom stereocenters. The largest absolute Gasteiger partial charge is 0.506 e. The number of halogens is 2. The first kappa shape index (κ1) is 34.8. The number of hydrogen-bond donors (Lipinski definition) is 6. The van der Waals surface area contributed by atoms with E-state index in [9.17, 15) is 59.4 Å². The number of allylic oxidation sites excluding steroid dienone is 4. The monoisotopic (exact) mass is 688 g/mol. The summed E-state index contributed by atoms with van der Waals surface area (Å²) in [4.78, 5) is 74.2. The predicted molar refractivity (Wildman–Crippen MR) is 164 cm³/mol. The summed E-state index contributed by atoms with van der Waals surface area (Å²) in [5, 5.41) is 58.4. The topological polar surface area (TPSA) is 230 Å². The number of hydrogen-bond acceptors (Lipinski definition) is 9. The van der Waals surface area contributed by atoms with Gasteiger partial charge in [0.1, 0.15) is 5.75 Å². The van der Waals surface area contributed by atoms with Crippen molar-refractivity contribution in [3.8, 4) is 5.75 Å². The fraction of sp³-hybridized carbons (Fsp3) is 0.226. The summed E-state index contributed by atoms with van der Waals surface area (Å²) in [6.07, 6.45) is 1.10. The van der Waals surface area contributed by atoms with E-state index in [0.29, 0.717) is 0 Å². The molecule has 0 amide bonds. The van der Waals surface area contributed by atoms with Gasteiger partial charge >= 0.3 is 29.8 Å². The molecule has 6 N–H and O–H groups in total. The van der Waals surface area contributed by atoms with E-state index in [1.807, 2.05) is 0 Å². The van der Waals surface area contributed by atoms with E-state index in [0.717, 1.165) is 9.80 Å². The van der Waals surface area contributed by atoms with Crippen LogP contribution in [0.1, 0.15) is 32.6 Å². The van der Waals surface area contributed by atoms with Crippen molar-refractivity contribution in [1.29, 1.82) is 0 Å². The van der Waals surface area contributed by atoms with Crippen LogP contribution in [0.3, 0.4) is 0 Å². The third-order valence-corrected chi connectivity index (χ3v) is 8.01. The van der Waals surface area contributed by atoms with E-state index in [2.05, 4.69) is 0 Å². The first-order chi connectivity index (χ1) is 22.1. The Bertz CT molecular complexity index is 1800. The minimum atomic E-state index is -1.37. The number of fused-ring (bicyclic) bond motifs is 2. The Labute approximate surface area is 275 Å². The Hall–Kier alpha value is -5.02. The van der Waals surface area contributed by atoms with Gasteiger partial charge in [0.25, 0.3) is 0 Å². The van der Waals surface area contributed by atoms with Gasteiger partial charge in [-0.15, -0.1) is 0 Å². The molecule has 2 aromatic carbocycles. The molecule has 0 aromatic heterocycles. The highest BCUT2D eigenvalue weighted by Crippen LogP contribution is 2.48. The molecule has 246 valence electrons. The number of rotatable bonds is 14. The maximum absolute atomic E-state index is 13.5. The third-order valence-electron chi connectivity index (χ3n) is 7.44. The molecular weight excluding hydrogens is 663 g/mol. The fourth-order valence-electron chi connectivity index (χ4n) is 5.69. The number of aromatic carboxylic acids is 1. The molecule has 0 unspecified atom stereocenters. The second kappa shape index (κ2) is 14.2. The van der Waals surface area contributed by atoms with E-state index in [1.165, 1.54) is 30.3 Å². The second-order valence-corrected chi connectivity index (χ2v) is 11.5. The average molecular weight is 689 g/mol. The van der Waals surface area contributed by atoms with Crippen LogP contribution in [0.15, 0.2) is 58.2 Å². The van der Waals surface area contributed by atoms with Crippen molar-refractivity contribution < 1.29 is 59.4 Å². The van der Waals surface area contributed by atoms with Crippen molar-refractivity contribution in [1.82, 2.24) is 9.80 Å². The number of phenols is 1. The standard InChI is InChI=1S/C31H26Cl2N2O12/c32-22-6-18-16(20(29(22)44)8-34(10-24(36)37)11-25(38)39)5-17-19(28(18)14-3-1-2-4-15(14)31(46)47)7-23(33)30(45)21(17)9-35(12-26(40)41)13-27(42)43/h1-4,6-7,44H,5,8-13H2,(H,36,37)(H,38,39)(H,40,41)(H,42,43)(H,46,47). The van der Waals surface area contributed by atoms with Crippen molar-refractivity contribution in [2.75, 3.05) is 32.7 Å². The first-order valence-corrected chi connectivity index (χ1v) is 14.4. The average Bonchev–Trinajstić information content (AvgIpc) is 2.95. The highest BCUT2D eigenvalue weighted by Gasteiger charge is 2.36. The van der Waals surface area contributed by atoms with Crippen LogP contribution < -0.4 is 0 Å². The van der Waals surface area contributed by atoms with Crippen LogP contribution in [-0.2, 0) is 36.9 Å². The molecule has 2 aromatic rings. The van der Waals surface area contributed by atoms with Crippen molar-refractivity contribution in [2.24, 2.45) is 0 Å². The number of carboxylic acids is 5. The zero-order valence-corrected chi connectivity index (χ0v) is 25.7. The van der Waals surface area contributed by atoms with Gasteiger partial charge in [0.05, 0.1) is 41.8 Å². The lowest BCUT2D eigenvalue weighted by Gasteiger charge is -2.33. The van der Waals surface area contributed by atoms with Crippen molar-refractivity contribution in [2.45, 2.75) is 13.0 Å². The Morgan fingerprint density at radius 2 is 1.30 bits per heavy atom. The molecule has 0 saturated carbocycles. The van der Waals surface area contributed by atoms with Gasteiger partial charge in [-0.1, -0.05) is 41.4 Å². The molecule has 0 aliphatic heterocycles. The maximum Gasteiger partial charge on any atom is 0.336 e. The zero-order valence-electron chi connectivity index (χ0n) is 24.2. The Morgan fingerprint density at radius 3 is 1.83 bits per heavy atom. The van der Waals surface area contributed by atoms with Crippen molar-refractivity contribution >= 4 is 64.4 Å². The number of aromatic hydroxyl groups is 1. The Morgan fingerprint density at radius 1 is 0.766 bits per heavy atom. The van der Waals surface area contributed by atoms with E-state index in [-0.39, 0.29) is 66.6 Å². The molecule has 2 aliphatic rings. The zero-order chi connectivity index (χ0) is 34.7. The number of nitrogens with zero attached hydrogens (tertiary/aromatic N) is 2. The minimum absolute atomic E-state index is 0.00719. The molecule has 2 aliphatic carbocycles. The molecule has 0 saturated heterocycles. The number of carbonyl (C=O) groups excluding carboxylic acids is 1. The summed E-state index contributed by atoms with van der Waals surface area (Å²) >= 11 is 12.9. The highest BCUT2D eigenvalue weighted by atomic mass is 35.5. The number of phenolic OH excluding ortho intramolecular Hbond substituents is 1. The van der Waals surface area contributed by atoms with Crippen LogP contribution in [0.25, 0.3) is 5.57 Å². The Kier molecular flexibility index (Phi) is 10.5. The van der Waals surface area contributed by atoms with Crippen molar-refractivity contribution in [3.05, 3.63) is 91.0 Å². The summed E-state index contributed by atoms with van der Waals surface area (Å²) in [7, 11) is 0.